The van der Waals surface area contributed by atoms with Gasteiger partial charge >= 0.3 is 0 Å². The van der Waals surface area contributed by atoms with Crippen LogP contribution in [-0.2, 0) is 4.79 Å². The van der Waals surface area contributed by atoms with E-state index in [-0.39, 0.29) is 11.9 Å². The van der Waals surface area contributed by atoms with Crippen molar-refractivity contribution in [3.05, 3.63) is 10.6 Å². The molecule has 4 nitrogen and oxygen atoms in total. The molecule has 3 aliphatic rings. The summed E-state index contributed by atoms with van der Waals surface area (Å²) in [5.41, 5.74) is 1.23. The number of hydrogen-bond acceptors (Lipinski definition) is 5. The Balaban J connectivity index is 1.80. The number of nitrogens with zero attached hydrogens (tertiary/aromatic N) is 1. The fraction of sp³-hybridized carbons (Fsp3) is 0.727. The summed E-state index contributed by atoms with van der Waals surface area (Å²) in [6.45, 7) is 0.856. The third kappa shape index (κ3) is 1.96. The van der Waals surface area contributed by atoms with Gasteiger partial charge < -0.3 is 10.2 Å². The molecule has 1 amide bonds. The van der Waals surface area contributed by atoms with Crippen LogP contribution in [0.3, 0.4) is 0 Å². The summed E-state index contributed by atoms with van der Waals surface area (Å²) in [6, 6.07) is -0.0776. The number of fused-ring (bicyclic) bond motifs is 1. The summed E-state index contributed by atoms with van der Waals surface area (Å²) in [4.78, 5) is 15.7. The molecule has 0 aliphatic carbocycles. The minimum Gasteiger partial charge on any atom is -0.391 e. The highest BCUT2D eigenvalue weighted by atomic mass is 32.2. The average Bonchev–Trinajstić information content (AvgIpc) is 2.76. The molecule has 0 radical (unpaired) electrons. The van der Waals surface area contributed by atoms with Crippen LogP contribution in [0.5, 0.6) is 0 Å². The van der Waals surface area contributed by atoms with E-state index in [9.17, 15) is 4.79 Å². The summed E-state index contributed by atoms with van der Waals surface area (Å²) in [5, 5.41) is 3.65. The first-order valence-corrected chi connectivity index (χ1v) is 7.93. The van der Waals surface area contributed by atoms with E-state index in [0.29, 0.717) is 5.37 Å². The van der Waals surface area contributed by atoms with Crippen molar-refractivity contribution in [2.24, 2.45) is 0 Å². The molecule has 3 heterocycles. The summed E-state index contributed by atoms with van der Waals surface area (Å²) in [5.74, 6) is 1.46. The van der Waals surface area contributed by atoms with Gasteiger partial charge in [0.1, 0.15) is 6.04 Å². The number of hydrogen-bond donors (Lipinski definition) is 2. The van der Waals surface area contributed by atoms with E-state index >= 15 is 0 Å². The molecular weight excluding hydrogens is 254 g/mol. The van der Waals surface area contributed by atoms with Gasteiger partial charge in [0.25, 0.3) is 0 Å². The first-order valence-electron chi connectivity index (χ1n) is 6.06. The van der Waals surface area contributed by atoms with Crippen molar-refractivity contribution >= 4 is 29.6 Å². The molecule has 2 fully saturated rings. The van der Waals surface area contributed by atoms with Gasteiger partial charge in [-0.3, -0.25) is 4.79 Å². The molecule has 0 spiro atoms. The normalized spacial score (nSPS) is 33.2. The highest BCUT2D eigenvalue weighted by Crippen LogP contribution is 2.38. The van der Waals surface area contributed by atoms with Crippen LogP contribution in [0.2, 0.25) is 0 Å². The minimum atomic E-state index is -0.0776. The number of amides is 1. The number of carbonyl (C=O) groups excluding carboxylic acids is 1. The molecule has 0 aromatic heterocycles. The molecule has 2 saturated heterocycles. The summed E-state index contributed by atoms with van der Waals surface area (Å²) in [6.07, 6.45) is 3.35. The second kappa shape index (κ2) is 4.74. The van der Waals surface area contributed by atoms with Crippen molar-refractivity contribution in [3.8, 4) is 0 Å². The smallest absolute Gasteiger partial charge is 0.246 e. The SMILES string of the molecule is CNC1=C2SNC2C(=O)N(C2CCCS2)CC1. The molecule has 17 heavy (non-hydrogen) atoms. The Morgan fingerprint density at radius 3 is 3.00 bits per heavy atom. The summed E-state index contributed by atoms with van der Waals surface area (Å²) >= 11 is 3.53. The molecule has 0 aromatic carbocycles. The van der Waals surface area contributed by atoms with E-state index in [1.165, 1.54) is 22.8 Å². The van der Waals surface area contributed by atoms with Crippen molar-refractivity contribution in [1.29, 1.82) is 0 Å². The zero-order valence-electron chi connectivity index (χ0n) is 9.86. The third-order valence-corrected chi connectivity index (χ3v) is 5.99. The van der Waals surface area contributed by atoms with Crippen molar-refractivity contribution < 1.29 is 4.79 Å². The second-order valence-electron chi connectivity index (χ2n) is 4.50. The van der Waals surface area contributed by atoms with Crippen molar-refractivity contribution in [2.75, 3.05) is 19.3 Å². The van der Waals surface area contributed by atoms with Crippen molar-refractivity contribution in [3.63, 3.8) is 0 Å². The Morgan fingerprint density at radius 1 is 1.53 bits per heavy atom. The lowest BCUT2D eigenvalue weighted by Crippen LogP contribution is -2.51. The van der Waals surface area contributed by atoms with Gasteiger partial charge in [-0.1, -0.05) is 0 Å². The Labute approximate surface area is 110 Å². The van der Waals surface area contributed by atoms with Gasteiger partial charge in [0.2, 0.25) is 5.91 Å². The van der Waals surface area contributed by atoms with Gasteiger partial charge in [-0.2, -0.15) is 0 Å². The first kappa shape index (κ1) is 11.7. The molecule has 0 saturated carbocycles. The van der Waals surface area contributed by atoms with Crippen LogP contribution in [0, 0.1) is 0 Å². The van der Waals surface area contributed by atoms with E-state index < -0.39 is 0 Å². The van der Waals surface area contributed by atoms with Gasteiger partial charge in [-0.05, 0) is 30.5 Å². The lowest BCUT2D eigenvalue weighted by Gasteiger charge is -2.34. The largest absolute Gasteiger partial charge is 0.391 e. The molecule has 94 valence electrons. The van der Waals surface area contributed by atoms with Crippen LogP contribution in [0.1, 0.15) is 19.3 Å². The highest BCUT2D eigenvalue weighted by Gasteiger charge is 2.41. The maximum absolute atomic E-state index is 12.4. The van der Waals surface area contributed by atoms with Gasteiger partial charge in [0.15, 0.2) is 0 Å². The predicted octanol–water partition coefficient (Wildman–Crippen LogP) is 1.12. The first-order chi connectivity index (χ1) is 8.31. The lowest BCUT2D eigenvalue weighted by atomic mass is 10.2. The Hall–Kier alpha value is -0.330. The molecule has 0 bridgehead atoms. The van der Waals surface area contributed by atoms with Crippen LogP contribution in [-0.4, -0.2) is 41.6 Å². The maximum atomic E-state index is 12.4. The fourth-order valence-electron chi connectivity index (χ4n) is 2.55. The van der Waals surface area contributed by atoms with E-state index in [2.05, 4.69) is 14.9 Å². The topological polar surface area (TPSA) is 44.4 Å². The van der Waals surface area contributed by atoms with Crippen LogP contribution in [0.4, 0.5) is 0 Å². The monoisotopic (exact) mass is 271 g/mol. The standard InChI is InChI=1S/C11H17N3OS2/c1-12-7-4-5-14(8-3-2-6-16-8)11(15)9-10(7)17-13-9/h8-9,12-13H,2-6H2,1H3. The summed E-state index contributed by atoms with van der Waals surface area (Å²) < 4.78 is 3.17. The summed E-state index contributed by atoms with van der Waals surface area (Å²) in [7, 11) is 1.95. The Kier molecular flexibility index (Phi) is 3.28. The molecule has 2 N–H and O–H groups in total. The van der Waals surface area contributed by atoms with Crippen molar-refractivity contribution in [1.82, 2.24) is 14.9 Å². The lowest BCUT2D eigenvalue weighted by molar-refractivity contribution is -0.132. The molecule has 2 atom stereocenters. The maximum Gasteiger partial charge on any atom is 0.246 e. The van der Waals surface area contributed by atoms with Crippen molar-refractivity contribution in [2.45, 2.75) is 30.7 Å². The van der Waals surface area contributed by atoms with E-state index in [4.69, 9.17) is 0 Å². The number of thioether (sulfide) groups is 1. The zero-order valence-corrected chi connectivity index (χ0v) is 11.5. The molecule has 3 aliphatic heterocycles. The molecule has 6 heteroatoms. The van der Waals surface area contributed by atoms with Gasteiger partial charge in [-0.25, -0.2) is 4.72 Å². The Bertz CT molecular complexity index is 366. The van der Waals surface area contributed by atoms with Crippen LogP contribution < -0.4 is 10.0 Å². The molecule has 0 aromatic rings. The fourth-order valence-corrected chi connectivity index (χ4v) is 4.76. The number of rotatable bonds is 2. The van der Waals surface area contributed by atoms with Gasteiger partial charge in [-0.15, -0.1) is 11.8 Å². The number of nitrogens with one attached hydrogen (secondary N) is 2. The highest BCUT2D eigenvalue weighted by molar-refractivity contribution is 8.03. The quantitative estimate of drug-likeness (QED) is 0.737. The third-order valence-electron chi connectivity index (χ3n) is 3.53. The molecule has 3 rings (SSSR count). The van der Waals surface area contributed by atoms with E-state index in [0.717, 1.165) is 19.4 Å². The number of carbonyl (C=O) groups is 1. The predicted molar refractivity (Wildman–Crippen MR) is 72.4 cm³/mol. The van der Waals surface area contributed by atoms with Crippen LogP contribution in [0.25, 0.3) is 0 Å². The molecular formula is C11H17N3OS2. The Morgan fingerprint density at radius 2 is 2.41 bits per heavy atom. The van der Waals surface area contributed by atoms with Gasteiger partial charge in [0, 0.05) is 30.6 Å². The van der Waals surface area contributed by atoms with Crippen LogP contribution >= 0.6 is 23.7 Å². The van der Waals surface area contributed by atoms with E-state index in [1.54, 1.807) is 11.9 Å². The second-order valence-corrected chi connectivity index (χ2v) is 6.66. The van der Waals surface area contributed by atoms with Gasteiger partial charge in [0.05, 0.1) is 5.37 Å². The van der Waals surface area contributed by atoms with E-state index in [1.807, 2.05) is 18.8 Å². The molecule has 2 unspecified atom stereocenters. The minimum absolute atomic E-state index is 0.0776. The average molecular weight is 271 g/mol. The van der Waals surface area contributed by atoms with Crippen LogP contribution in [0.15, 0.2) is 10.6 Å². The zero-order chi connectivity index (χ0) is 11.8.